The number of benzene rings is 3. The lowest BCUT2D eigenvalue weighted by Gasteiger charge is -2.25. The minimum Gasteiger partial charge on any atom is -0.444 e. The van der Waals surface area contributed by atoms with E-state index in [2.05, 4.69) is 10.6 Å². The number of nitro groups is 1. The molecule has 0 saturated heterocycles. The van der Waals surface area contributed by atoms with Gasteiger partial charge in [-0.05, 0) is 38.3 Å². The van der Waals surface area contributed by atoms with E-state index >= 15 is 0 Å². The molecule has 0 aliphatic rings. The van der Waals surface area contributed by atoms with Crippen molar-refractivity contribution in [1.82, 2.24) is 15.6 Å². The average molecular weight is 573 g/mol. The second-order valence-corrected chi connectivity index (χ2v) is 11.4. The maximum absolute atomic E-state index is 13.7. The van der Waals surface area contributed by atoms with Crippen LogP contribution in [0.25, 0.3) is 10.6 Å². The minimum absolute atomic E-state index is 0.0150. The van der Waals surface area contributed by atoms with Gasteiger partial charge < -0.3 is 15.4 Å². The summed E-state index contributed by atoms with van der Waals surface area (Å²) in [5.74, 6) is -0.402. The third kappa shape index (κ3) is 8.71. The first-order valence-electron chi connectivity index (χ1n) is 13.2. The van der Waals surface area contributed by atoms with Gasteiger partial charge >= 0.3 is 6.09 Å². The Morgan fingerprint density at radius 2 is 1.51 bits per heavy atom. The van der Waals surface area contributed by atoms with Gasteiger partial charge in [0, 0.05) is 29.5 Å². The molecule has 9 nitrogen and oxygen atoms in total. The molecule has 3 aromatic carbocycles. The van der Waals surface area contributed by atoms with Crippen LogP contribution in [-0.4, -0.2) is 33.6 Å². The lowest BCUT2D eigenvalue weighted by molar-refractivity contribution is -0.384. The lowest BCUT2D eigenvalue weighted by atomic mass is 10.0. The number of hydrogen-bond acceptors (Lipinski definition) is 7. The van der Waals surface area contributed by atoms with Crippen LogP contribution < -0.4 is 10.6 Å². The van der Waals surface area contributed by atoms with Crippen LogP contribution in [0, 0.1) is 10.1 Å². The number of nitrogens with zero attached hydrogens (tertiary/aromatic N) is 2. The van der Waals surface area contributed by atoms with Crippen LogP contribution in [0.15, 0.2) is 90.3 Å². The van der Waals surface area contributed by atoms with Gasteiger partial charge in [0.05, 0.1) is 16.7 Å². The second kappa shape index (κ2) is 13.2. The standard InChI is InChI=1S/C31H32N4O5S/c1-31(2,3)40-30(37)34-26(19-21-10-6-4-7-11-21)28(36)32-25(18-22-14-16-24(17-15-22)35(38)39)27-20-41-29(33-27)23-12-8-5-9-13-23/h4-17,20,25-26H,18-19H2,1-3H3,(H,32,36)(H,34,37). The van der Waals surface area contributed by atoms with Gasteiger partial charge in [-0.25, -0.2) is 9.78 Å². The molecule has 0 spiro atoms. The molecular weight excluding hydrogens is 540 g/mol. The number of ether oxygens (including phenoxy) is 1. The van der Waals surface area contributed by atoms with E-state index in [1.165, 1.54) is 23.5 Å². The maximum atomic E-state index is 13.7. The first-order valence-corrected chi connectivity index (χ1v) is 14.0. The number of aromatic nitrogens is 1. The maximum Gasteiger partial charge on any atom is 0.408 e. The predicted octanol–water partition coefficient (Wildman–Crippen LogP) is 6.25. The van der Waals surface area contributed by atoms with Crippen molar-refractivity contribution >= 4 is 29.0 Å². The third-order valence-corrected chi connectivity index (χ3v) is 7.00. The topological polar surface area (TPSA) is 123 Å². The molecule has 41 heavy (non-hydrogen) atoms. The number of alkyl carbamates (subject to hydrolysis) is 1. The number of rotatable bonds is 10. The van der Waals surface area contributed by atoms with Gasteiger partial charge in [-0.3, -0.25) is 14.9 Å². The van der Waals surface area contributed by atoms with E-state index in [0.29, 0.717) is 12.1 Å². The van der Waals surface area contributed by atoms with Crippen LogP contribution in [0.4, 0.5) is 10.5 Å². The summed E-state index contributed by atoms with van der Waals surface area (Å²) >= 11 is 1.46. The average Bonchev–Trinajstić information content (AvgIpc) is 3.43. The quantitative estimate of drug-likeness (QED) is 0.171. The van der Waals surface area contributed by atoms with Crippen molar-refractivity contribution in [2.45, 2.75) is 51.3 Å². The highest BCUT2D eigenvalue weighted by Crippen LogP contribution is 2.28. The highest BCUT2D eigenvalue weighted by molar-refractivity contribution is 7.13. The molecule has 2 N–H and O–H groups in total. The Labute approximate surface area is 242 Å². The smallest absolute Gasteiger partial charge is 0.408 e. The summed E-state index contributed by atoms with van der Waals surface area (Å²) in [6.45, 7) is 5.27. The molecule has 0 fully saturated rings. The molecular formula is C31H32N4O5S. The van der Waals surface area contributed by atoms with Crippen molar-refractivity contribution in [1.29, 1.82) is 0 Å². The van der Waals surface area contributed by atoms with E-state index in [4.69, 9.17) is 9.72 Å². The van der Waals surface area contributed by atoms with Gasteiger partial charge in [-0.2, -0.15) is 0 Å². The van der Waals surface area contributed by atoms with Crippen LogP contribution in [0.3, 0.4) is 0 Å². The van der Waals surface area contributed by atoms with E-state index in [9.17, 15) is 19.7 Å². The van der Waals surface area contributed by atoms with Gasteiger partial charge in [0.25, 0.3) is 5.69 Å². The molecule has 10 heteroatoms. The molecule has 2 unspecified atom stereocenters. The molecule has 2 atom stereocenters. The second-order valence-electron chi connectivity index (χ2n) is 10.5. The van der Waals surface area contributed by atoms with Crippen LogP contribution >= 0.6 is 11.3 Å². The Bertz CT molecular complexity index is 1470. The largest absolute Gasteiger partial charge is 0.444 e. The van der Waals surface area contributed by atoms with E-state index in [0.717, 1.165) is 21.7 Å². The van der Waals surface area contributed by atoms with Crippen molar-refractivity contribution in [3.05, 3.63) is 117 Å². The highest BCUT2D eigenvalue weighted by atomic mass is 32.1. The molecule has 2 amide bonds. The summed E-state index contributed by atoms with van der Waals surface area (Å²) in [6, 6.07) is 23.9. The number of amides is 2. The Balaban J connectivity index is 1.61. The Morgan fingerprint density at radius 1 is 0.902 bits per heavy atom. The third-order valence-electron chi connectivity index (χ3n) is 6.09. The Hall–Kier alpha value is -4.57. The summed E-state index contributed by atoms with van der Waals surface area (Å²) in [7, 11) is 0. The number of hydrogen-bond donors (Lipinski definition) is 2. The number of thiazole rings is 1. The number of carbonyl (C=O) groups is 2. The normalized spacial score (nSPS) is 12.7. The summed E-state index contributed by atoms with van der Waals surface area (Å²) < 4.78 is 5.43. The number of nitrogens with one attached hydrogen (secondary N) is 2. The monoisotopic (exact) mass is 572 g/mol. The number of non-ortho nitro benzene ring substituents is 1. The zero-order chi connectivity index (χ0) is 29.4. The van der Waals surface area contributed by atoms with Crippen molar-refractivity contribution < 1.29 is 19.2 Å². The molecule has 0 bridgehead atoms. The van der Waals surface area contributed by atoms with Gasteiger partial charge in [-0.15, -0.1) is 11.3 Å². The zero-order valence-electron chi connectivity index (χ0n) is 23.1. The van der Waals surface area contributed by atoms with E-state index in [1.807, 2.05) is 66.0 Å². The molecule has 0 aliphatic carbocycles. The van der Waals surface area contributed by atoms with Crippen molar-refractivity contribution in [2.75, 3.05) is 0 Å². The molecule has 4 rings (SSSR count). The fourth-order valence-corrected chi connectivity index (χ4v) is 5.04. The van der Waals surface area contributed by atoms with Crippen LogP contribution in [-0.2, 0) is 22.4 Å². The van der Waals surface area contributed by atoms with Crippen LogP contribution in [0.1, 0.15) is 43.6 Å². The lowest BCUT2D eigenvalue weighted by Crippen LogP contribution is -2.50. The summed E-state index contributed by atoms with van der Waals surface area (Å²) in [6.07, 6.45) is -0.102. The summed E-state index contributed by atoms with van der Waals surface area (Å²) in [4.78, 5) is 41.9. The van der Waals surface area contributed by atoms with Crippen LogP contribution in [0.2, 0.25) is 0 Å². The molecule has 212 valence electrons. The Morgan fingerprint density at radius 3 is 2.12 bits per heavy atom. The van der Waals surface area contributed by atoms with Gasteiger partial charge in [0.1, 0.15) is 16.7 Å². The van der Waals surface area contributed by atoms with Gasteiger partial charge in [-0.1, -0.05) is 72.8 Å². The molecule has 0 saturated carbocycles. The summed E-state index contributed by atoms with van der Waals surface area (Å²) in [5, 5.41) is 19.6. The van der Waals surface area contributed by atoms with Crippen molar-refractivity contribution in [3.63, 3.8) is 0 Å². The van der Waals surface area contributed by atoms with E-state index in [-0.39, 0.29) is 12.1 Å². The predicted molar refractivity (Wildman–Crippen MR) is 159 cm³/mol. The number of nitro benzene ring substituents is 1. The molecule has 0 radical (unpaired) electrons. The van der Waals surface area contributed by atoms with Gasteiger partial charge in [0.2, 0.25) is 5.91 Å². The first kappa shape index (κ1) is 29.4. The molecule has 4 aromatic rings. The number of carbonyl (C=O) groups excluding carboxylic acids is 2. The van der Waals surface area contributed by atoms with Gasteiger partial charge in [0.15, 0.2) is 0 Å². The van der Waals surface area contributed by atoms with Crippen molar-refractivity contribution in [3.8, 4) is 10.6 Å². The zero-order valence-corrected chi connectivity index (χ0v) is 23.9. The molecule has 1 aromatic heterocycles. The molecule has 1 heterocycles. The van der Waals surface area contributed by atoms with E-state index < -0.39 is 34.6 Å². The van der Waals surface area contributed by atoms with Crippen LogP contribution in [0.5, 0.6) is 0 Å². The highest BCUT2D eigenvalue weighted by Gasteiger charge is 2.28. The summed E-state index contributed by atoms with van der Waals surface area (Å²) in [5.41, 5.74) is 2.52. The SMILES string of the molecule is CC(C)(C)OC(=O)NC(Cc1ccccc1)C(=O)NC(Cc1ccc([N+](=O)[O-])cc1)c1csc(-c2ccccc2)n1. The molecule has 0 aliphatic heterocycles. The minimum atomic E-state index is -0.918. The Kier molecular flexibility index (Phi) is 9.46. The van der Waals surface area contributed by atoms with Crippen molar-refractivity contribution in [2.24, 2.45) is 0 Å². The fourth-order valence-electron chi connectivity index (χ4n) is 4.16. The fraction of sp³-hybridized carbons (Fsp3) is 0.258. The first-order chi connectivity index (χ1) is 19.6. The van der Waals surface area contributed by atoms with E-state index in [1.54, 1.807) is 32.9 Å².